The van der Waals surface area contributed by atoms with Crippen LogP contribution in [-0.4, -0.2) is 50.3 Å². The molecule has 1 N–H and O–H groups in total. The number of likely N-dealkylation sites (N-methyl/N-ethyl adjacent to an activating group) is 1. The van der Waals surface area contributed by atoms with Crippen LogP contribution in [0.5, 0.6) is 0 Å². The maximum atomic E-state index is 5.92. The van der Waals surface area contributed by atoms with Crippen LogP contribution in [0.1, 0.15) is 38.5 Å². The van der Waals surface area contributed by atoms with Gasteiger partial charge in [0.25, 0.3) is 0 Å². The number of hydrogen-bond donors (Lipinski definition) is 1. The summed E-state index contributed by atoms with van der Waals surface area (Å²) in [4.78, 5) is 6.55. The standard InChI is InChI=1S/C13H25N3O/c1-16-10-8-14-13(16)15-9-11-17-12-6-4-2-3-5-7-12/h12H,2-11H2,1H3,(H,14,15). The molecule has 4 heteroatoms. The molecule has 0 spiro atoms. The Morgan fingerprint density at radius 1 is 1.29 bits per heavy atom. The van der Waals surface area contributed by atoms with E-state index in [1.807, 2.05) is 0 Å². The smallest absolute Gasteiger partial charge is 0.193 e. The van der Waals surface area contributed by atoms with Crippen LogP contribution >= 0.6 is 0 Å². The Morgan fingerprint density at radius 2 is 2.06 bits per heavy atom. The lowest BCUT2D eigenvalue weighted by Crippen LogP contribution is -2.37. The van der Waals surface area contributed by atoms with Crippen molar-refractivity contribution in [2.75, 3.05) is 33.3 Å². The molecule has 2 aliphatic rings. The van der Waals surface area contributed by atoms with Gasteiger partial charge in [0.1, 0.15) is 0 Å². The van der Waals surface area contributed by atoms with Gasteiger partial charge < -0.3 is 15.0 Å². The fourth-order valence-corrected chi connectivity index (χ4v) is 2.52. The van der Waals surface area contributed by atoms with Gasteiger partial charge in [-0.25, -0.2) is 0 Å². The monoisotopic (exact) mass is 239 g/mol. The van der Waals surface area contributed by atoms with Crippen LogP contribution in [-0.2, 0) is 4.74 Å². The van der Waals surface area contributed by atoms with E-state index in [-0.39, 0.29) is 0 Å². The Bertz CT molecular complexity index is 247. The molecular weight excluding hydrogens is 214 g/mol. The fraction of sp³-hybridized carbons (Fsp3) is 0.923. The molecule has 1 saturated carbocycles. The summed E-state index contributed by atoms with van der Waals surface area (Å²) < 4.78 is 5.92. The third-order valence-electron chi connectivity index (χ3n) is 3.60. The summed E-state index contributed by atoms with van der Waals surface area (Å²) in [5.41, 5.74) is 0. The zero-order valence-electron chi connectivity index (χ0n) is 11.0. The van der Waals surface area contributed by atoms with E-state index < -0.39 is 0 Å². The summed E-state index contributed by atoms with van der Waals surface area (Å²) >= 11 is 0. The van der Waals surface area contributed by atoms with Crippen LogP contribution in [0.3, 0.4) is 0 Å². The van der Waals surface area contributed by atoms with Crippen molar-refractivity contribution in [3.05, 3.63) is 0 Å². The normalized spacial score (nSPS) is 22.4. The van der Waals surface area contributed by atoms with Gasteiger partial charge >= 0.3 is 0 Å². The predicted molar refractivity (Wildman–Crippen MR) is 70.4 cm³/mol. The minimum Gasteiger partial charge on any atom is -0.376 e. The van der Waals surface area contributed by atoms with Crippen LogP contribution in [0.4, 0.5) is 0 Å². The number of ether oxygens (including phenoxy) is 1. The number of rotatable bonds is 4. The van der Waals surface area contributed by atoms with Gasteiger partial charge in [-0.3, -0.25) is 4.99 Å². The summed E-state index contributed by atoms with van der Waals surface area (Å²) in [6, 6.07) is 0. The van der Waals surface area contributed by atoms with E-state index in [0.29, 0.717) is 6.10 Å². The summed E-state index contributed by atoms with van der Waals surface area (Å²) in [7, 11) is 2.07. The Hall–Kier alpha value is -0.770. The molecule has 2 rings (SSSR count). The van der Waals surface area contributed by atoms with Gasteiger partial charge in [-0.1, -0.05) is 25.7 Å². The molecule has 0 amide bonds. The van der Waals surface area contributed by atoms with Crippen molar-refractivity contribution in [3.8, 4) is 0 Å². The molecular formula is C13H25N3O. The summed E-state index contributed by atoms with van der Waals surface area (Å²) in [5, 5.41) is 3.34. The van der Waals surface area contributed by atoms with Crippen molar-refractivity contribution in [3.63, 3.8) is 0 Å². The summed E-state index contributed by atoms with van der Waals surface area (Å²) in [5.74, 6) is 1.02. The zero-order chi connectivity index (χ0) is 11.9. The highest BCUT2D eigenvalue weighted by Gasteiger charge is 2.13. The molecule has 0 unspecified atom stereocenters. The number of nitrogens with one attached hydrogen (secondary N) is 1. The second kappa shape index (κ2) is 6.84. The average molecular weight is 239 g/mol. The molecule has 98 valence electrons. The lowest BCUT2D eigenvalue weighted by molar-refractivity contribution is 0.0466. The van der Waals surface area contributed by atoms with Gasteiger partial charge in [-0.2, -0.15) is 0 Å². The Morgan fingerprint density at radius 3 is 2.71 bits per heavy atom. The summed E-state index contributed by atoms with van der Waals surface area (Å²) in [6.07, 6.45) is 8.46. The highest BCUT2D eigenvalue weighted by molar-refractivity contribution is 5.81. The Balaban J connectivity index is 1.56. The van der Waals surface area contributed by atoms with E-state index in [0.717, 1.165) is 32.2 Å². The van der Waals surface area contributed by atoms with E-state index in [1.54, 1.807) is 0 Å². The minimum atomic E-state index is 0.502. The van der Waals surface area contributed by atoms with Crippen LogP contribution in [0, 0.1) is 0 Å². The maximum Gasteiger partial charge on any atom is 0.193 e. The lowest BCUT2D eigenvalue weighted by Gasteiger charge is -2.18. The molecule has 0 aromatic heterocycles. The molecule has 4 nitrogen and oxygen atoms in total. The first-order valence-electron chi connectivity index (χ1n) is 6.97. The largest absolute Gasteiger partial charge is 0.376 e. The molecule has 0 saturated heterocycles. The van der Waals surface area contributed by atoms with Gasteiger partial charge in [-0.05, 0) is 12.8 Å². The van der Waals surface area contributed by atoms with E-state index in [1.165, 1.54) is 38.5 Å². The minimum absolute atomic E-state index is 0.502. The van der Waals surface area contributed by atoms with Crippen LogP contribution in [0.2, 0.25) is 0 Å². The molecule has 0 atom stereocenters. The number of aliphatic imine (C=N–C) groups is 1. The van der Waals surface area contributed by atoms with E-state index in [2.05, 4.69) is 22.3 Å². The van der Waals surface area contributed by atoms with Crippen molar-refractivity contribution in [2.45, 2.75) is 44.6 Å². The van der Waals surface area contributed by atoms with E-state index >= 15 is 0 Å². The Labute approximate surface area is 104 Å². The quantitative estimate of drug-likeness (QED) is 0.598. The van der Waals surface area contributed by atoms with E-state index in [4.69, 9.17) is 4.74 Å². The van der Waals surface area contributed by atoms with Crippen LogP contribution in [0.25, 0.3) is 0 Å². The molecule has 0 bridgehead atoms. The zero-order valence-corrected chi connectivity index (χ0v) is 11.0. The van der Waals surface area contributed by atoms with Gasteiger partial charge in [0.2, 0.25) is 0 Å². The van der Waals surface area contributed by atoms with Crippen LogP contribution < -0.4 is 5.32 Å². The van der Waals surface area contributed by atoms with Crippen molar-refractivity contribution in [2.24, 2.45) is 4.99 Å². The Kier molecular flexibility index (Phi) is 5.10. The maximum absolute atomic E-state index is 5.92. The van der Waals surface area contributed by atoms with Gasteiger partial charge in [-0.15, -0.1) is 0 Å². The van der Waals surface area contributed by atoms with E-state index in [9.17, 15) is 0 Å². The number of hydrogen-bond acceptors (Lipinski definition) is 4. The highest BCUT2D eigenvalue weighted by Crippen LogP contribution is 2.19. The van der Waals surface area contributed by atoms with Gasteiger partial charge in [0.05, 0.1) is 19.3 Å². The molecule has 0 aromatic rings. The van der Waals surface area contributed by atoms with Crippen molar-refractivity contribution in [1.29, 1.82) is 0 Å². The summed E-state index contributed by atoms with van der Waals surface area (Å²) in [6.45, 7) is 3.63. The first kappa shape index (κ1) is 12.7. The van der Waals surface area contributed by atoms with Crippen molar-refractivity contribution >= 4 is 5.96 Å². The molecule has 0 radical (unpaired) electrons. The van der Waals surface area contributed by atoms with Crippen molar-refractivity contribution in [1.82, 2.24) is 10.2 Å². The highest BCUT2D eigenvalue weighted by atomic mass is 16.5. The van der Waals surface area contributed by atoms with Crippen molar-refractivity contribution < 1.29 is 4.74 Å². The predicted octanol–water partition coefficient (Wildman–Crippen LogP) is 1.62. The average Bonchev–Trinajstić information content (AvgIpc) is 2.60. The second-order valence-corrected chi connectivity index (χ2v) is 5.04. The molecule has 17 heavy (non-hydrogen) atoms. The second-order valence-electron chi connectivity index (χ2n) is 5.04. The lowest BCUT2D eigenvalue weighted by atomic mass is 10.1. The first-order valence-corrected chi connectivity index (χ1v) is 6.97. The van der Waals surface area contributed by atoms with Crippen LogP contribution in [0.15, 0.2) is 4.99 Å². The van der Waals surface area contributed by atoms with Gasteiger partial charge in [0.15, 0.2) is 5.96 Å². The SMILES string of the molecule is CN1CCN=C1NCCOC1CCCCCC1. The number of nitrogens with zero attached hydrogens (tertiary/aromatic N) is 2. The first-order chi connectivity index (χ1) is 8.36. The van der Waals surface area contributed by atoms with Gasteiger partial charge in [0, 0.05) is 20.1 Å². The third-order valence-corrected chi connectivity index (χ3v) is 3.60. The molecule has 1 aliphatic carbocycles. The molecule has 1 fully saturated rings. The molecule has 1 heterocycles. The fourth-order valence-electron chi connectivity index (χ4n) is 2.52. The molecule has 0 aromatic carbocycles. The third kappa shape index (κ3) is 4.19. The number of guanidine groups is 1. The topological polar surface area (TPSA) is 36.9 Å². The molecule has 1 aliphatic heterocycles.